The van der Waals surface area contributed by atoms with Crippen molar-refractivity contribution in [3.8, 4) is 0 Å². The predicted octanol–water partition coefficient (Wildman–Crippen LogP) is 2.40. The SMILES string of the molecule is CCN=C(C)N.Cc1cccc(C(C)N)c1. The summed E-state index contributed by atoms with van der Waals surface area (Å²) in [7, 11) is 0. The Morgan fingerprint density at radius 3 is 2.31 bits per heavy atom. The van der Waals surface area contributed by atoms with Crippen LogP contribution in [0.25, 0.3) is 0 Å². The van der Waals surface area contributed by atoms with Crippen LogP contribution < -0.4 is 11.5 Å². The van der Waals surface area contributed by atoms with Gasteiger partial charge in [0.2, 0.25) is 0 Å². The Morgan fingerprint density at radius 1 is 1.44 bits per heavy atom. The summed E-state index contributed by atoms with van der Waals surface area (Å²) in [4.78, 5) is 3.82. The summed E-state index contributed by atoms with van der Waals surface area (Å²) in [6.07, 6.45) is 0. The van der Waals surface area contributed by atoms with E-state index in [1.165, 1.54) is 11.1 Å². The molecule has 0 fully saturated rings. The molecule has 0 aliphatic rings. The molecule has 0 bridgehead atoms. The third-order valence-electron chi connectivity index (χ3n) is 1.98. The third kappa shape index (κ3) is 7.01. The van der Waals surface area contributed by atoms with Crippen LogP contribution in [0.4, 0.5) is 0 Å². The zero-order chi connectivity index (χ0) is 12.6. The van der Waals surface area contributed by atoms with Crippen molar-refractivity contribution in [3.05, 3.63) is 35.4 Å². The van der Waals surface area contributed by atoms with Crippen molar-refractivity contribution in [1.82, 2.24) is 0 Å². The fourth-order valence-electron chi connectivity index (χ4n) is 1.20. The summed E-state index contributed by atoms with van der Waals surface area (Å²) < 4.78 is 0. The highest BCUT2D eigenvalue weighted by molar-refractivity contribution is 5.77. The first-order valence-electron chi connectivity index (χ1n) is 5.56. The molecule has 1 atom stereocenters. The van der Waals surface area contributed by atoms with Crippen molar-refractivity contribution in [2.45, 2.75) is 33.7 Å². The van der Waals surface area contributed by atoms with Gasteiger partial charge in [-0.2, -0.15) is 0 Å². The highest BCUT2D eigenvalue weighted by atomic mass is 14.8. The van der Waals surface area contributed by atoms with Gasteiger partial charge in [-0.05, 0) is 33.3 Å². The molecule has 90 valence electrons. The zero-order valence-corrected chi connectivity index (χ0v) is 10.7. The van der Waals surface area contributed by atoms with E-state index in [-0.39, 0.29) is 6.04 Å². The van der Waals surface area contributed by atoms with E-state index in [1.807, 2.05) is 19.9 Å². The number of hydrogen-bond donors (Lipinski definition) is 2. The Morgan fingerprint density at radius 2 is 2.06 bits per heavy atom. The van der Waals surface area contributed by atoms with Gasteiger partial charge in [0, 0.05) is 12.6 Å². The molecule has 0 aliphatic heterocycles. The van der Waals surface area contributed by atoms with Crippen LogP contribution in [0, 0.1) is 6.92 Å². The number of hydrogen-bond acceptors (Lipinski definition) is 2. The maximum atomic E-state index is 5.68. The molecule has 3 nitrogen and oxygen atoms in total. The topological polar surface area (TPSA) is 64.4 Å². The molecule has 0 aliphatic carbocycles. The fourth-order valence-corrected chi connectivity index (χ4v) is 1.20. The van der Waals surface area contributed by atoms with E-state index in [2.05, 4.69) is 30.1 Å². The molecule has 0 saturated heterocycles. The summed E-state index contributed by atoms with van der Waals surface area (Å²) in [5.41, 5.74) is 13.3. The second-order valence-electron chi connectivity index (χ2n) is 3.82. The minimum atomic E-state index is 0.153. The number of amidine groups is 1. The molecule has 0 heterocycles. The Balaban J connectivity index is 0.000000325. The van der Waals surface area contributed by atoms with E-state index in [1.54, 1.807) is 6.92 Å². The lowest BCUT2D eigenvalue weighted by atomic mass is 10.1. The van der Waals surface area contributed by atoms with Gasteiger partial charge in [0.1, 0.15) is 0 Å². The quantitative estimate of drug-likeness (QED) is 0.595. The van der Waals surface area contributed by atoms with E-state index >= 15 is 0 Å². The molecule has 1 aromatic rings. The lowest BCUT2D eigenvalue weighted by molar-refractivity contribution is 0.817. The highest BCUT2D eigenvalue weighted by Gasteiger charge is 1.96. The monoisotopic (exact) mass is 221 g/mol. The minimum absolute atomic E-state index is 0.153. The van der Waals surface area contributed by atoms with E-state index in [9.17, 15) is 0 Å². The number of aryl methyl sites for hydroxylation is 1. The predicted molar refractivity (Wildman–Crippen MR) is 71.6 cm³/mol. The maximum absolute atomic E-state index is 5.68. The van der Waals surface area contributed by atoms with Gasteiger partial charge in [-0.25, -0.2) is 0 Å². The van der Waals surface area contributed by atoms with E-state index in [0.717, 1.165) is 6.54 Å². The first-order valence-corrected chi connectivity index (χ1v) is 5.56. The second-order valence-corrected chi connectivity index (χ2v) is 3.82. The second kappa shape index (κ2) is 7.88. The molecule has 16 heavy (non-hydrogen) atoms. The van der Waals surface area contributed by atoms with Gasteiger partial charge in [0.05, 0.1) is 5.84 Å². The van der Waals surface area contributed by atoms with E-state index < -0.39 is 0 Å². The molecule has 0 spiro atoms. The van der Waals surface area contributed by atoms with Crippen molar-refractivity contribution in [1.29, 1.82) is 0 Å². The molecule has 0 saturated carbocycles. The van der Waals surface area contributed by atoms with Gasteiger partial charge in [0.25, 0.3) is 0 Å². The summed E-state index contributed by atoms with van der Waals surface area (Å²) in [5, 5.41) is 0. The van der Waals surface area contributed by atoms with Crippen LogP contribution in [0.2, 0.25) is 0 Å². The van der Waals surface area contributed by atoms with Crippen LogP contribution in [-0.2, 0) is 0 Å². The van der Waals surface area contributed by atoms with Crippen LogP contribution in [0.15, 0.2) is 29.3 Å². The lowest BCUT2D eigenvalue weighted by Gasteiger charge is -2.04. The molecule has 1 rings (SSSR count). The molecule has 1 aromatic carbocycles. The number of aliphatic imine (C=N–C) groups is 1. The largest absolute Gasteiger partial charge is 0.388 e. The van der Waals surface area contributed by atoms with Crippen LogP contribution >= 0.6 is 0 Å². The summed E-state index contributed by atoms with van der Waals surface area (Å²) in [6, 6.07) is 8.43. The van der Waals surface area contributed by atoms with Crippen LogP contribution in [0.1, 0.15) is 37.9 Å². The average molecular weight is 221 g/mol. The average Bonchev–Trinajstić information content (AvgIpc) is 2.18. The van der Waals surface area contributed by atoms with E-state index in [4.69, 9.17) is 11.5 Å². The maximum Gasteiger partial charge on any atom is 0.0905 e. The summed E-state index contributed by atoms with van der Waals surface area (Å²) in [5.74, 6) is 0.664. The van der Waals surface area contributed by atoms with Crippen molar-refractivity contribution in [3.63, 3.8) is 0 Å². The molecule has 4 N–H and O–H groups in total. The fraction of sp³-hybridized carbons (Fsp3) is 0.462. The van der Waals surface area contributed by atoms with Gasteiger partial charge in [-0.3, -0.25) is 4.99 Å². The molecule has 0 aromatic heterocycles. The van der Waals surface area contributed by atoms with Crippen molar-refractivity contribution >= 4 is 5.84 Å². The van der Waals surface area contributed by atoms with Gasteiger partial charge in [-0.15, -0.1) is 0 Å². The Labute approximate surface area is 98.6 Å². The van der Waals surface area contributed by atoms with Crippen molar-refractivity contribution in [2.75, 3.05) is 6.54 Å². The Kier molecular flexibility index (Phi) is 7.21. The highest BCUT2D eigenvalue weighted by Crippen LogP contribution is 2.10. The van der Waals surface area contributed by atoms with Crippen LogP contribution in [0.5, 0.6) is 0 Å². The molecular weight excluding hydrogens is 198 g/mol. The Hall–Kier alpha value is -1.35. The van der Waals surface area contributed by atoms with E-state index in [0.29, 0.717) is 5.84 Å². The summed E-state index contributed by atoms with van der Waals surface area (Å²) in [6.45, 7) is 8.60. The number of nitrogens with two attached hydrogens (primary N) is 2. The van der Waals surface area contributed by atoms with Crippen LogP contribution in [0.3, 0.4) is 0 Å². The van der Waals surface area contributed by atoms with Crippen molar-refractivity contribution in [2.24, 2.45) is 16.5 Å². The number of nitrogens with zero attached hydrogens (tertiary/aromatic N) is 1. The first kappa shape index (κ1) is 14.6. The number of benzene rings is 1. The third-order valence-corrected chi connectivity index (χ3v) is 1.98. The van der Waals surface area contributed by atoms with Gasteiger partial charge < -0.3 is 11.5 Å². The molecule has 1 unspecified atom stereocenters. The minimum Gasteiger partial charge on any atom is -0.388 e. The number of rotatable bonds is 2. The summed E-state index contributed by atoms with van der Waals surface area (Å²) >= 11 is 0. The van der Waals surface area contributed by atoms with Crippen molar-refractivity contribution < 1.29 is 0 Å². The Bertz CT molecular complexity index is 326. The molecular formula is C13H23N3. The normalized spacial score (nSPS) is 12.7. The first-order chi connectivity index (χ1) is 7.47. The standard InChI is InChI=1S/C9H13N.C4H10N2/c1-7-4-3-5-9(6-7)8(2)10;1-3-6-4(2)5/h3-6,8H,10H2,1-2H3;3H2,1-2H3,(H2,5,6). The lowest BCUT2D eigenvalue weighted by Crippen LogP contribution is -2.04. The van der Waals surface area contributed by atoms with Gasteiger partial charge >= 0.3 is 0 Å². The van der Waals surface area contributed by atoms with Gasteiger partial charge in [-0.1, -0.05) is 29.8 Å². The molecule has 3 heteroatoms. The smallest absolute Gasteiger partial charge is 0.0905 e. The van der Waals surface area contributed by atoms with Gasteiger partial charge in [0.15, 0.2) is 0 Å². The molecule has 0 amide bonds. The van der Waals surface area contributed by atoms with Crippen LogP contribution in [-0.4, -0.2) is 12.4 Å². The zero-order valence-electron chi connectivity index (χ0n) is 10.7. The molecule has 0 radical (unpaired) electrons.